The topological polar surface area (TPSA) is 59.8 Å². The van der Waals surface area contributed by atoms with Crippen LogP contribution >= 0.6 is 23.5 Å². The molecule has 1 saturated carbocycles. The smallest absolute Gasteiger partial charge is 0.230 e. The second-order valence-electron chi connectivity index (χ2n) is 6.60. The Morgan fingerprint density at radius 1 is 1.22 bits per heavy atom. The van der Waals surface area contributed by atoms with Crippen LogP contribution in [0.1, 0.15) is 44.0 Å². The first kappa shape index (κ1) is 20.2. The maximum atomic E-state index is 13.0. The van der Waals surface area contributed by atoms with Crippen LogP contribution in [0.5, 0.6) is 0 Å². The second-order valence-corrected chi connectivity index (χ2v) is 8.53. The van der Waals surface area contributed by atoms with Gasteiger partial charge in [-0.3, -0.25) is 4.79 Å². The number of thioether (sulfide) groups is 2. The van der Waals surface area contributed by atoms with E-state index >= 15 is 0 Å². The van der Waals surface area contributed by atoms with Crippen LogP contribution in [0, 0.1) is 5.82 Å². The molecule has 1 aromatic carbocycles. The van der Waals surface area contributed by atoms with Crippen molar-refractivity contribution in [2.75, 3.05) is 5.75 Å². The Kier molecular flexibility index (Phi) is 7.58. The van der Waals surface area contributed by atoms with E-state index in [1.54, 1.807) is 23.9 Å². The molecule has 5 nitrogen and oxygen atoms in total. The number of aromatic nitrogens is 3. The van der Waals surface area contributed by atoms with E-state index in [2.05, 4.69) is 27.0 Å². The zero-order chi connectivity index (χ0) is 19.1. The van der Waals surface area contributed by atoms with Crippen LogP contribution in [-0.2, 0) is 22.8 Å². The van der Waals surface area contributed by atoms with Gasteiger partial charge in [-0.2, -0.15) is 0 Å². The predicted molar refractivity (Wildman–Crippen MR) is 108 cm³/mol. The average Bonchev–Trinajstić information content (AvgIpc) is 3.31. The third-order valence-corrected chi connectivity index (χ3v) is 6.54. The summed E-state index contributed by atoms with van der Waals surface area (Å²) in [4.78, 5) is 12.1. The number of nitrogens with one attached hydrogen (secondary N) is 1. The highest BCUT2D eigenvalue weighted by molar-refractivity contribution is 7.99. The fourth-order valence-electron chi connectivity index (χ4n) is 3.16. The molecule has 0 unspecified atom stereocenters. The maximum Gasteiger partial charge on any atom is 0.230 e. The molecule has 27 heavy (non-hydrogen) atoms. The number of rotatable bonds is 9. The predicted octanol–water partition coefficient (Wildman–Crippen LogP) is 4.02. The number of halogens is 1. The van der Waals surface area contributed by atoms with E-state index in [0.29, 0.717) is 11.8 Å². The minimum Gasteiger partial charge on any atom is -0.353 e. The van der Waals surface area contributed by atoms with Gasteiger partial charge in [0.1, 0.15) is 11.6 Å². The normalized spacial score (nSPS) is 14.6. The monoisotopic (exact) mass is 408 g/mol. The summed E-state index contributed by atoms with van der Waals surface area (Å²) >= 11 is 3.16. The van der Waals surface area contributed by atoms with E-state index in [-0.39, 0.29) is 11.7 Å². The molecule has 2 aromatic rings. The summed E-state index contributed by atoms with van der Waals surface area (Å²) in [5.74, 6) is 2.66. The molecule has 0 atom stereocenters. The summed E-state index contributed by atoms with van der Waals surface area (Å²) in [7, 11) is 0. The standard InChI is InChI=1S/C19H25FN4OS2/c1-2-24-17(12-26-11-14-7-9-15(20)10-8-14)22-23-19(24)27-13-18(25)21-16-5-3-4-6-16/h7-10,16H,2-6,11-13H2,1H3,(H,21,25). The van der Waals surface area contributed by atoms with Crippen molar-refractivity contribution in [1.29, 1.82) is 0 Å². The quantitative estimate of drug-likeness (QED) is 0.635. The Hall–Kier alpha value is -1.54. The van der Waals surface area contributed by atoms with E-state index in [9.17, 15) is 9.18 Å². The summed E-state index contributed by atoms with van der Waals surface area (Å²) < 4.78 is 15.0. The number of carbonyl (C=O) groups is 1. The largest absolute Gasteiger partial charge is 0.353 e. The van der Waals surface area contributed by atoms with Gasteiger partial charge in [0.2, 0.25) is 5.91 Å². The molecule has 0 spiro atoms. The SMILES string of the molecule is CCn1c(CSCc2ccc(F)cc2)nnc1SCC(=O)NC1CCCC1. The second kappa shape index (κ2) is 10.1. The number of carbonyl (C=O) groups excluding carboxylic acids is 1. The Balaban J connectivity index is 1.48. The van der Waals surface area contributed by atoms with Crippen LogP contribution in [0.4, 0.5) is 4.39 Å². The fraction of sp³-hybridized carbons (Fsp3) is 0.526. The highest BCUT2D eigenvalue weighted by Gasteiger charge is 2.18. The van der Waals surface area contributed by atoms with Crippen LogP contribution in [0.3, 0.4) is 0 Å². The third-order valence-electron chi connectivity index (χ3n) is 4.58. The van der Waals surface area contributed by atoms with Crippen molar-refractivity contribution in [3.8, 4) is 0 Å². The van der Waals surface area contributed by atoms with Gasteiger partial charge in [0.25, 0.3) is 0 Å². The molecule has 1 fully saturated rings. The molecule has 3 rings (SSSR count). The van der Waals surface area contributed by atoms with Crippen molar-refractivity contribution >= 4 is 29.4 Å². The molecule has 1 aromatic heterocycles. The molecule has 146 valence electrons. The van der Waals surface area contributed by atoms with Crippen molar-refractivity contribution in [3.05, 3.63) is 41.5 Å². The molecular formula is C19H25FN4OS2. The van der Waals surface area contributed by atoms with Gasteiger partial charge < -0.3 is 9.88 Å². The van der Waals surface area contributed by atoms with Crippen molar-refractivity contribution in [2.45, 2.75) is 61.9 Å². The molecule has 1 N–H and O–H groups in total. The highest BCUT2D eigenvalue weighted by Crippen LogP contribution is 2.22. The van der Waals surface area contributed by atoms with Crippen LogP contribution in [-0.4, -0.2) is 32.5 Å². The van der Waals surface area contributed by atoms with Gasteiger partial charge >= 0.3 is 0 Å². The van der Waals surface area contributed by atoms with E-state index in [1.165, 1.54) is 36.7 Å². The number of benzene rings is 1. The van der Waals surface area contributed by atoms with Gasteiger partial charge in [0.05, 0.1) is 11.5 Å². The first-order valence-corrected chi connectivity index (χ1v) is 11.5. The molecule has 1 aliphatic rings. The van der Waals surface area contributed by atoms with Gasteiger partial charge in [-0.25, -0.2) is 4.39 Å². The summed E-state index contributed by atoms with van der Waals surface area (Å²) in [6.07, 6.45) is 4.61. The van der Waals surface area contributed by atoms with E-state index < -0.39 is 0 Å². The molecule has 8 heteroatoms. The maximum absolute atomic E-state index is 13.0. The Morgan fingerprint density at radius 2 is 1.96 bits per heavy atom. The molecular weight excluding hydrogens is 383 g/mol. The molecule has 1 aliphatic carbocycles. The van der Waals surface area contributed by atoms with Crippen molar-refractivity contribution in [2.24, 2.45) is 0 Å². The first-order valence-electron chi connectivity index (χ1n) is 9.32. The molecule has 0 aliphatic heterocycles. The summed E-state index contributed by atoms with van der Waals surface area (Å²) in [6.45, 7) is 2.83. The van der Waals surface area contributed by atoms with Gasteiger partial charge in [-0.05, 0) is 37.5 Å². The van der Waals surface area contributed by atoms with Crippen LogP contribution in [0.25, 0.3) is 0 Å². The first-order chi connectivity index (χ1) is 13.2. The number of hydrogen-bond donors (Lipinski definition) is 1. The van der Waals surface area contributed by atoms with Gasteiger partial charge in [0.15, 0.2) is 5.16 Å². The molecule has 0 radical (unpaired) electrons. The lowest BCUT2D eigenvalue weighted by Crippen LogP contribution is -2.33. The van der Waals surface area contributed by atoms with Crippen LogP contribution in [0.15, 0.2) is 29.4 Å². The van der Waals surface area contributed by atoms with E-state index in [0.717, 1.165) is 47.4 Å². The van der Waals surface area contributed by atoms with E-state index in [4.69, 9.17) is 0 Å². The highest BCUT2D eigenvalue weighted by atomic mass is 32.2. The Bertz CT molecular complexity index is 745. The molecule has 1 amide bonds. The Morgan fingerprint density at radius 3 is 2.67 bits per heavy atom. The minimum absolute atomic E-state index is 0.0739. The fourth-order valence-corrected chi connectivity index (χ4v) is 4.92. The number of nitrogens with zero attached hydrogens (tertiary/aromatic N) is 3. The molecule has 0 bridgehead atoms. The summed E-state index contributed by atoms with van der Waals surface area (Å²) in [6, 6.07) is 6.92. The zero-order valence-electron chi connectivity index (χ0n) is 15.5. The van der Waals surface area contributed by atoms with Crippen LogP contribution in [0.2, 0.25) is 0 Å². The zero-order valence-corrected chi connectivity index (χ0v) is 17.1. The molecule has 0 saturated heterocycles. The van der Waals surface area contributed by atoms with Crippen molar-refractivity contribution < 1.29 is 9.18 Å². The summed E-state index contributed by atoms with van der Waals surface area (Å²) in [5, 5.41) is 12.4. The minimum atomic E-state index is -0.215. The Labute approximate surface area is 167 Å². The lowest BCUT2D eigenvalue weighted by atomic mass is 10.2. The lowest BCUT2D eigenvalue weighted by molar-refractivity contribution is -0.119. The molecule has 1 heterocycles. The number of hydrogen-bond acceptors (Lipinski definition) is 5. The van der Waals surface area contributed by atoms with E-state index in [1.807, 2.05) is 0 Å². The van der Waals surface area contributed by atoms with Crippen molar-refractivity contribution in [3.63, 3.8) is 0 Å². The lowest BCUT2D eigenvalue weighted by Gasteiger charge is -2.11. The van der Waals surface area contributed by atoms with Gasteiger partial charge in [0, 0.05) is 18.3 Å². The van der Waals surface area contributed by atoms with Gasteiger partial charge in [-0.1, -0.05) is 36.7 Å². The average molecular weight is 409 g/mol. The summed E-state index contributed by atoms with van der Waals surface area (Å²) in [5.41, 5.74) is 1.09. The third kappa shape index (κ3) is 5.97. The van der Waals surface area contributed by atoms with Crippen molar-refractivity contribution in [1.82, 2.24) is 20.1 Å². The van der Waals surface area contributed by atoms with Gasteiger partial charge in [-0.15, -0.1) is 22.0 Å². The van der Waals surface area contributed by atoms with Crippen LogP contribution < -0.4 is 5.32 Å². The number of amides is 1.